The average Bonchev–Trinajstić information content (AvgIpc) is 2.60. The van der Waals surface area contributed by atoms with E-state index in [1.54, 1.807) is 0 Å². The highest BCUT2D eigenvalue weighted by molar-refractivity contribution is 6.32. The molecule has 0 unspecified atom stereocenters. The van der Waals surface area contributed by atoms with Gasteiger partial charge in [-0.25, -0.2) is 0 Å². The predicted molar refractivity (Wildman–Crippen MR) is 106 cm³/mol. The normalized spacial score (nSPS) is 10.3. The smallest absolute Gasteiger partial charge is 0.221 e. The summed E-state index contributed by atoms with van der Waals surface area (Å²) in [5.74, 6) is 1.17. The molecule has 0 aliphatic heterocycles. The first-order chi connectivity index (χ1) is 12.5. The highest BCUT2D eigenvalue weighted by Gasteiger charge is 2.12. The monoisotopic (exact) mass is 376 g/mol. The fraction of sp³-hybridized carbons (Fsp3) is 0.350. The zero-order valence-electron chi connectivity index (χ0n) is 15.4. The van der Waals surface area contributed by atoms with E-state index in [4.69, 9.17) is 21.1 Å². The number of rotatable bonds is 9. The van der Waals surface area contributed by atoms with E-state index in [0.717, 1.165) is 23.4 Å². The standard InChI is InChI=1S/C20H25ClN2O3/c1-4-10-26-20-18(21)11-15(12-19(20)25-5-2)13-22-16-6-8-17(9-7-16)23-14(3)24/h6-9,11-12,22H,4-5,10,13H2,1-3H3,(H,23,24). The first kappa shape index (κ1) is 19.9. The van der Waals surface area contributed by atoms with Crippen LogP contribution >= 0.6 is 11.6 Å². The summed E-state index contributed by atoms with van der Waals surface area (Å²) in [6.45, 7) is 7.19. The van der Waals surface area contributed by atoms with Gasteiger partial charge in [-0.3, -0.25) is 4.79 Å². The van der Waals surface area contributed by atoms with Gasteiger partial charge in [-0.05, 0) is 55.3 Å². The van der Waals surface area contributed by atoms with E-state index in [2.05, 4.69) is 10.6 Å². The Kier molecular flexibility index (Phi) is 7.60. The maximum atomic E-state index is 11.1. The fourth-order valence-corrected chi connectivity index (χ4v) is 2.70. The molecule has 5 nitrogen and oxygen atoms in total. The number of carbonyl (C=O) groups excluding carboxylic acids is 1. The molecule has 0 spiro atoms. The number of ether oxygens (including phenoxy) is 2. The molecule has 2 N–H and O–H groups in total. The first-order valence-corrected chi connectivity index (χ1v) is 9.10. The number of amides is 1. The SMILES string of the molecule is CCCOc1c(Cl)cc(CNc2ccc(NC(C)=O)cc2)cc1OCC. The molecule has 0 atom stereocenters. The van der Waals surface area contributed by atoms with Crippen molar-refractivity contribution in [3.05, 3.63) is 47.0 Å². The van der Waals surface area contributed by atoms with Gasteiger partial charge in [0, 0.05) is 24.8 Å². The van der Waals surface area contributed by atoms with Crippen LogP contribution in [-0.4, -0.2) is 19.1 Å². The van der Waals surface area contributed by atoms with Crippen molar-refractivity contribution >= 4 is 28.9 Å². The third-order valence-electron chi connectivity index (χ3n) is 3.52. The molecule has 140 valence electrons. The quantitative estimate of drug-likeness (QED) is 0.639. The van der Waals surface area contributed by atoms with Crippen LogP contribution in [0.25, 0.3) is 0 Å². The molecule has 0 radical (unpaired) electrons. The third kappa shape index (κ3) is 5.85. The van der Waals surface area contributed by atoms with Gasteiger partial charge in [0.15, 0.2) is 11.5 Å². The molecule has 2 rings (SSSR count). The Morgan fingerprint density at radius 2 is 1.77 bits per heavy atom. The van der Waals surface area contributed by atoms with E-state index >= 15 is 0 Å². The van der Waals surface area contributed by atoms with Crippen LogP contribution in [0.2, 0.25) is 5.02 Å². The molecule has 0 aliphatic carbocycles. The first-order valence-electron chi connectivity index (χ1n) is 8.73. The number of halogens is 1. The lowest BCUT2D eigenvalue weighted by molar-refractivity contribution is -0.114. The third-order valence-corrected chi connectivity index (χ3v) is 3.80. The van der Waals surface area contributed by atoms with Gasteiger partial charge in [0.2, 0.25) is 5.91 Å². The topological polar surface area (TPSA) is 59.6 Å². The molecule has 1 amide bonds. The van der Waals surface area contributed by atoms with Gasteiger partial charge >= 0.3 is 0 Å². The van der Waals surface area contributed by atoms with Crippen molar-refractivity contribution in [3.63, 3.8) is 0 Å². The van der Waals surface area contributed by atoms with Crippen LogP contribution < -0.4 is 20.1 Å². The number of hydrogen-bond acceptors (Lipinski definition) is 4. The Morgan fingerprint density at radius 1 is 1.08 bits per heavy atom. The van der Waals surface area contributed by atoms with Gasteiger partial charge < -0.3 is 20.1 Å². The molecule has 0 saturated carbocycles. The van der Waals surface area contributed by atoms with Crippen molar-refractivity contribution < 1.29 is 14.3 Å². The van der Waals surface area contributed by atoms with Gasteiger partial charge in [0.25, 0.3) is 0 Å². The van der Waals surface area contributed by atoms with Crippen molar-refractivity contribution in [2.24, 2.45) is 0 Å². The van der Waals surface area contributed by atoms with E-state index in [1.807, 2.05) is 50.2 Å². The van der Waals surface area contributed by atoms with Crippen LogP contribution in [0.4, 0.5) is 11.4 Å². The lowest BCUT2D eigenvalue weighted by Crippen LogP contribution is -2.06. The zero-order chi connectivity index (χ0) is 18.9. The van der Waals surface area contributed by atoms with Crippen molar-refractivity contribution in [1.82, 2.24) is 0 Å². The molecule has 6 heteroatoms. The summed E-state index contributed by atoms with van der Waals surface area (Å²) in [6.07, 6.45) is 0.902. The number of anilines is 2. The lowest BCUT2D eigenvalue weighted by atomic mass is 10.2. The molecule has 2 aromatic carbocycles. The summed E-state index contributed by atoms with van der Waals surface area (Å²) in [7, 11) is 0. The summed E-state index contributed by atoms with van der Waals surface area (Å²) >= 11 is 6.38. The van der Waals surface area contributed by atoms with Crippen molar-refractivity contribution in [2.45, 2.75) is 33.7 Å². The van der Waals surface area contributed by atoms with Gasteiger partial charge in [0.1, 0.15) is 0 Å². The fourth-order valence-electron chi connectivity index (χ4n) is 2.41. The van der Waals surface area contributed by atoms with Crippen molar-refractivity contribution in [1.29, 1.82) is 0 Å². The molecule has 0 aliphatic rings. The van der Waals surface area contributed by atoms with Crippen LogP contribution in [0.3, 0.4) is 0 Å². The molecule has 0 bridgehead atoms. The second-order valence-corrected chi connectivity index (χ2v) is 6.21. The molecule has 0 heterocycles. The minimum Gasteiger partial charge on any atom is -0.490 e. The van der Waals surface area contributed by atoms with Crippen LogP contribution in [0.5, 0.6) is 11.5 Å². The maximum absolute atomic E-state index is 11.1. The Morgan fingerprint density at radius 3 is 2.38 bits per heavy atom. The molecule has 0 saturated heterocycles. The van der Waals surface area contributed by atoms with Crippen LogP contribution in [0.1, 0.15) is 32.8 Å². The van der Waals surface area contributed by atoms with Crippen molar-refractivity contribution in [3.8, 4) is 11.5 Å². The summed E-state index contributed by atoms with van der Waals surface area (Å²) in [5.41, 5.74) is 2.70. The van der Waals surface area contributed by atoms with Gasteiger partial charge in [-0.15, -0.1) is 0 Å². The van der Waals surface area contributed by atoms with E-state index in [1.165, 1.54) is 6.92 Å². The zero-order valence-corrected chi connectivity index (χ0v) is 16.2. The summed E-state index contributed by atoms with van der Waals surface area (Å²) in [6, 6.07) is 11.4. The van der Waals surface area contributed by atoms with E-state index in [9.17, 15) is 4.79 Å². The Labute approximate surface area is 159 Å². The maximum Gasteiger partial charge on any atom is 0.221 e. The highest BCUT2D eigenvalue weighted by Crippen LogP contribution is 2.37. The van der Waals surface area contributed by atoms with E-state index in [0.29, 0.717) is 36.3 Å². The lowest BCUT2D eigenvalue weighted by Gasteiger charge is -2.15. The minimum absolute atomic E-state index is 0.0887. The number of nitrogens with one attached hydrogen (secondary N) is 2. The summed E-state index contributed by atoms with van der Waals surface area (Å²) < 4.78 is 11.4. The molecule has 0 fully saturated rings. The number of carbonyl (C=O) groups is 1. The van der Waals surface area contributed by atoms with E-state index < -0.39 is 0 Å². The largest absolute Gasteiger partial charge is 0.490 e. The Hall–Kier alpha value is -2.40. The highest BCUT2D eigenvalue weighted by atomic mass is 35.5. The van der Waals surface area contributed by atoms with Gasteiger partial charge in [0.05, 0.1) is 18.2 Å². The Balaban J connectivity index is 2.07. The summed E-state index contributed by atoms with van der Waals surface area (Å²) in [4.78, 5) is 11.1. The summed E-state index contributed by atoms with van der Waals surface area (Å²) in [5, 5.41) is 6.62. The average molecular weight is 377 g/mol. The molecule has 26 heavy (non-hydrogen) atoms. The van der Waals surface area contributed by atoms with Gasteiger partial charge in [-0.2, -0.15) is 0 Å². The number of hydrogen-bond donors (Lipinski definition) is 2. The molecular weight excluding hydrogens is 352 g/mol. The molecule has 0 aromatic heterocycles. The van der Waals surface area contributed by atoms with Crippen LogP contribution in [0.15, 0.2) is 36.4 Å². The number of benzene rings is 2. The van der Waals surface area contributed by atoms with Crippen LogP contribution in [-0.2, 0) is 11.3 Å². The molecule has 2 aromatic rings. The molecular formula is C20H25ClN2O3. The van der Waals surface area contributed by atoms with Crippen molar-refractivity contribution in [2.75, 3.05) is 23.8 Å². The minimum atomic E-state index is -0.0887. The second-order valence-electron chi connectivity index (χ2n) is 5.80. The van der Waals surface area contributed by atoms with Crippen LogP contribution in [0, 0.1) is 0 Å². The second kappa shape index (κ2) is 9.92. The predicted octanol–water partition coefficient (Wildman–Crippen LogP) is 5.10. The Bertz CT molecular complexity index is 733. The van der Waals surface area contributed by atoms with Gasteiger partial charge in [-0.1, -0.05) is 18.5 Å². The van der Waals surface area contributed by atoms with E-state index in [-0.39, 0.29) is 5.91 Å².